The maximum Gasteiger partial charge on any atom is 0.216 e. The van der Waals surface area contributed by atoms with Crippen molar-refractivity contribution in [2.24, 2.45) is 11.7 Å². The zero-order valence-electron chi connectivity index (χ0n) is 5.35. The molecule has 0 aliphatic carbocycles. The van der Waals surface area contributed by atoms with Crippen LogP contribution in [0.3, 0.4) is 0 Å². The zero-order valence-corrected chi connectivity index (χ0v) is 5.35. The second-order valence-electron chi connectivity index (χ2n) is 2.03. The summed E-state index contributed by atoms with van der Waals surface area (Å²) in [6, 6.07) is -0.389. The molecule has 0 aromatic rings. The fourth-order valence-electron chi connectivity index (χ4n) is 0.370. The number of nitrogens with two attached hydrogens (primary N) is 1. The Kier molecular flexibility index (Phi) is 3.44. The molecule has 2 nitrogen and oxygen atoms in total. The van der Waals surface area contributed by atoms with Crippen molar-refractivity contribution in [3.05, 3.63) is 0 Å². The zero-order chi connectivity index (χ0) is 6.57. The molecule has 0 rings (SSSR count). The Hall–Kier alpha value is -0.370. The third-order valence-corrected chi connectivity index (χ3v) is 1.39. The van der Waals surface area contributed by atoms with Crippen molar-refractivity contribution in [3.63, 3.8) is 0 Å². The van der Waals surface area contributed by atoms with Gasteiger partial charge < -0.3 is 5.73 Å². The molecule has 2 atom stereocenters. The molecule has 0 saturated heterocycles. The molecule has 2 heteroatoms. The first-order chi connectivity index (χ1) is 3.72. The van der Waals surface area contributed by atoms with Gasteiger partial charge in [0.25, 0.3) is 0 Å². The van der Waals surface area contributed by atoms with Crippen LogP contribution in [0.15, 0.2) is 0 Å². The maximum atomic E-state index is 9.86. The molecular weight excluding hydrogens is 102 g/mol. The van der Waals surface area contributed by atoms with Gasteiger partial charge >= 0.3 is 0 Å². The third kappa shape index (κ3) is 2.07. The second kappa shape index (κ2) is 3.61. The minimum absolute atomic E-state index is 0.271. The SMILES string of the molecule is CCC(C)[C@H](N)[C]=O. The Morgan fingerprint density at radius 2 is 2.25 bits per heavy atom. The van der Waals surface area contributed by atoms with Crippen molar-refractivity contribution in [2.75, 3.05) is 0 Å². The van der Waals surface area contributed by atoms with Gasteiger partial charge in [-0.1, -0.05) is 20.3 Å². The summed E-state index contributed by atoms with van der Waals surface area (Å²) in [5.74, 6) is 0.271. The van der Waals surface area contributed by atoms with E-state index in [1.165, 1.54) is 0 Å². The number of rotatable bonds is 3. The highest BCUT2D eigenvalue weighted by Crippen LogP contribution is 2.01. The van der Waals surface area contributed by atoms with Crippen LogP contribution in [0.2, 0.25) is 0 Å². The monoisotopic (exact) mass is 114 g/mol. The van der Waals surface area contributed by atoms with Gasteiger partial charge in [-0.05, 0) is 5.92 Å². The summed E-state index contributed by atoms with van der Waals surface area (Å²) >= 11 is 0. The van der Waals surface area contributed by atoms with Crippen LogP contribution in [0, 0.1) is 5.92 Å². The highest BCUT2D eigenvalue weighted by atomic mass is 16.1. The molecule has 47 valence electrons. The summed E-state index contributed by atoms with van der Waals surface area (Å²) in [6.07, 6.45) is 2.68. The van der Waals surface area contributed by atoms with E-state index in [0.29, 0.717) is 0 Å². The first-order valence-electron chi connectivity index (χ1n) is 2.85. The fraction of sp³-hybridized carbons (Fsp3) is 0.833. The van der Waals surface area contributed by atoms with Gasteiger partial charge in [0.15, 0.2) is 0 Å². The number of hydrogen-bond donors (Lipinski definition) is 1. The first kappa shape index (κ1) is 7.63. The van der Waals surface area contributed by atoms with Gasteiger partial charge in [0, 0.05) is 0 Å². The van der Waals surface area contributed by atoms with E-state index in [-0.39, 0.29) is 12.0 Å². The lowest BCUT2D eigenvalue weighted by atomic mass is 10.0. The molecule has 0 spiro atoms. The lowest BCUT2D eigenvalue weighted by Crippen LogP contribution is -2.28. The second-order valence-corrected chi connectivity index (χ2v) is 2.03. The minimum atomic E-state index is -0.389. The van der Waals surface area contributed by atoms with Crippen molar-refractivity contribution in [2.45, 2.75) is 26.3 Å². The summed E-state index contributed by atoms with van der Waals surface area (Å²) < 4.78 is 0. The number of hydrogen-bond acceptors (Lipinski definition) is 2. The largest absolute Gasteiger partial charge is 0.321 e. The Morgan fingerprint density at radius 3 is 2.38 bits per heavy atom. The highest BCUT2D eigenvalue weighted by molar-refractivity contribution is 5.58. The predicted molar refractivity (Wildman–Crippen MR) is 33.1 cm³/mol. The summed E-state index contributed by atoms with van der Waals surface area (Å²) in [7, 11) is 0. The third-order valence-electron chi connectivity index (χ3n) is 1.39. The van der Waals surface area contributed by atoms with E-state index in [1.54, 1.807) is 6.29 Å². The molecule has 0 aliphatic rings. The van der Waals surface area contributed by atoms with Crippen LogP contribution >= 0.6 is 0 Å². The lowest BCUT2D eigenvalue weighted by Gasteiger charge is -2.08. The first-order valence-corrected chi connectivity index (χ1v) is 2.85. The van der Waals surface area contributed by atoms with Crippen molar-refractivity contribution in [3.8, 4) is 0 Å². The Bertz CT molecular complexity index is 72.9. The Labute approximate surface area is 50.1 Å². The van der Waals surface area contributed by atoms with Crippen LogP contribution in [0.5, 0.6) is 0 Å². The van der Waals surface area contributed by atoms with Crippen molar-refractivity contribution in [1.29, 1.82) is 0 Å². The fourth-order valence-corrected chi connectivity index (χ4v) is 0.370. The van der Waals surface area contributed by atoms with E-state index in [1.807, 2.05) is 13.8 Å². The van der Waals surface area contributed by atoms with Gasteiger partial charge in [-0.3, -0.25) is 4.79 Å². The molecule has 1 radical (unpaired) electrons. The van der Waals surface area contributed by atoms with Crippen LogP contribution in [0.25, 0.3) is 0 Å². The van der Waals surface area contributed by atoms with Gasteiger partial charge in [-0.2, -0.15) is 0 Å². The minimum Gasteiger partial charge on any atom is -0.321 e. The van der Waals surface area contributed by atoms with E-state index in [2.05, 4.69) is 0 Å². The molecular formula is C6H12NO. The quantitative estimate of drug-likeness (QED) is 0.579. The Balaban J connectivity index is 3.44. The smallest absolute Gasteiger partial charge is 0.216 e. The molecule has 2 N–H and O–H groups in total. The molecule has 0 aromatic carbocycles. The topological polar surface area (TPSA) is 43.1 Å². The van der Waals surface area contributed by atoms with E-state index in [9.17, 15) is 4.79 Å². The van der Waals surface area contributed by atoms with Gasteiger partial charge in [0.1, 0.15) is 0 Å². The standard InChI is InChI=1S/C6H12NO/c1-3-5(2)6(7)4-8/h5-6H,3,7H2,1-2H3/t5?,6-/m1/s1. The molecule has 0 fully saturated rings. The summed E-state index contributed by atoms with van der Waals surface area (Å²) in [6.45, 7) is 3.94. The van der Waals surface area contributed by atoms with Crippen LogP contribution in [0.1, 0.15) is 20.3 Å². The van der Waals surface area contributed by atoms with E-state index in [0.717, 1.165) is 6.42 Å². The lowest BCUT2D eigenvalue weighted by molar-refractivity contribution is 0.477. The van der Waals surface area contributed by atoms with Crippen LogP contribution in [0.4, 0.5) is 0 Å². The molecule has 0 heterocycles. The molecule has 0 aromatic heterocycles. The van der Waals surface area contributed by atoms with E-state index in [4.69, 9.17) is 5.73 Å². The van der Waals surface area contributed by atoms with Crippen molar-refractivity contribution >= 4 is 6.29 Å². The highest BCUT2D eigenvalue weighted by Gasteiger charge is 2.08. The molecule has 0 amide bonds. The van der Waals surface area contributed by atoms with Crippen LogP contribution < -0.4 is 5.73 Å². The molecule has 8 heavy (non-hydrogen) atoms. The van der Waals surface area contributed by atoms with Gasteiger partial charge in [0.2, 0.25) is 6.29 Å². The van der Waals surface area contributed by atoms with Crippen LogP contribution in [-0.4, -0.2) is 12.3 Å². The molecule has 0 saturated carbocycles. The average Bonchev–Trinajstić information content (AvgIpc) is 1.84. The average molecular weight is 114 g/mol. The van der Waals surface area contributed by atoms with Crippen molar-refractivity contribution < 1.29 is 4.79 Å². The Morgan fingerprint density at radius 1 is 1.75 bits per heavy atom. The predicted octanol–water partition coefficient (Wildman–Crippen LogP) is 0.470. The van der Waals surface area contributed by atoms with E-state index >= 15 is 0 Å². The van der Waals surface area contributed by atoms with Gasteiger partial charge in [0.05, 0.1) is 6.04 Å². The van der Waals surface area contributed by atoms with Gasteiger partial charge in [-0.15, -0.1) is 0 Å². The number of carbonyl (C=O) groups excluding carboxylic acids is 1. The summed E-state index contributed by atoms with van der Waals surface area (Å²) in [5, 5.41) is 0. The van der Waals surface area contributed by atoms with Crippen LogP contribution in [-0.2, 0) is 4.79 Å². The molecule has 0 aliphatic heterocycles. The normalized spacial score (nSPS) is 17.4. The van der Waals surface area contributed by atoms with E-state index < -0.39 is 0 Å². The molecule has 1 unspecified atom stereocenters. The maximum absolute atomic E-state index is 9.86. The summed E-state index contributed by atoms with van der Waals surface area (Å²) in [4.78, 5) is 9.86. The van der Waals surface area contributed by atoms with Gasteiger partial charge in [-0.25, -0.2) is 0 Å². The molecule has 0 bridgehead atoms. The summed E-state index contributed by atoms with van der Waals surface area (Å²) in [5.41, 5.74) is 5.30. The van der Waals surface area contributed by atoms with Crippen molar-refractivity contribution in [1.82, 2.24) is 0 Å².